The van der Waals surface area contributed by atoms with E-state index in [0.29, 0.717) is 6.61 Å². The predicted octanol–water partition coefficient (Wildman–Crippen LogP) is 4.39. The minimum absolute atomic E-state index is 0.676. The van der Waals surface area contributed by atoms with E-state index in [4.69, 9.17) is 14.5 Å². The van der Waals surface area contributed by atoms with Crippen LogP contribution in [0.25, 0.3) is 28.1 Å². The van der Waals surface area contributed by atoms with Crippen LogP contribution in [0, 0.1) is 0 Å². The zero-order valence-electron chi connectivity index (χ0n) is 16.1. The molecule has 0 atom stereocenters. The Labute approximate surface area is 163 Å². The summed E-state index contributed by atoms with van der Waals surface area (Å²) >= 11 is 0. The number of aromatic nitrogens is 5. The van der Waals surface area contributed by atoms with Gasteiger partial charge in [-0.05, 0) is 42.8 Å². The van der Waals surface area contributed by atoms with Crippen molar-refractivity contribution in [2.45, 2.75) is 26.2 Å². The molecule has 0 radical (unpaired) electrons. The maximum atomic E-state index is 5.95. The quantitative estimate of drug-likeness (QED) is 0.461. The van der Waals surface area contributed by atoms with Gasteiger partial charge in [-0.15, -0.1) is 0 Å². The fraction of sp³-hybridized carbons (Fsp3) is 0.286. The molecular weight excluding hydrogens is 354 g/mol. The van der Waals surface area contributed by atoms with E-state index in [9.17, 15) is 0 Å². The highest BCUT2D eigenvalue weighted by atomic mass is 16.5. The third kappa shape index (κ3) is 3.69. The van der Waals surface area contributed by atoms with Gasteiger partial charge >= 0.3 is 0 Å². The molecule has 0 aliphatic carbocycles. The van der Waals surface area contributed by atoms with Crippen LogP contribution >= 0.6 is 0 Å². The molecule has 0 bridgehead atoms. The molecule has 0 unspecified atom stereocenters. The standard InChI is InChI=1S/C21H23N5O2/c1-3-4-5-10-28-20-11-15(6-9-19(20)27-2)21-24-17-8-7-16(12-18(17)25-21)26-14-22-13-23-26/h6-9,11-14H,3-5,10H2,1-2H3,(H,24,25). The van der Waals surface area contributed by atoms with Gasteiger partial charge in [0, 0.05) is 5.56 Å². The molecule has 2 aromatic carbocycles. The molecule has 7 heteroatoms. The van der Waals surface area contributed by atoms with E-state index in [2.05, 4.69) is 22.0 Å². The second-order valence-electron chi connectivity index (χ2n) is 6.55. The maximum Gasteiger partial charge on any atom is 0.161 e. The van der Waals surface area contributed by atoms with Gasteiger partial charge in [-0.3, -0.25) is 0 Å². The van der Waals surface area contributed by atoms with Gasteiger partial charge in [-0.1, -0.05) is 19.8 Å². The zero-order valence-corrected chi connectivity index (χ0v) is 16.1. The number of methoxy groups -OCH3 is 1. The summed E-state index contributed by atoms with van der Waals surface area (Å²) < 4.78 is 13.1. The van der Waals surface area contributed by atoms with Crippen LogP contribution in [0.1, 0.15) is 26.2 Å². The Hall–Kier alpha value is -3.35. The summed E-state index contributed by atoms with van der Waals surface area (Å²) in [5.41, 5.74) is 3.70. The fourth-order valence-corrected chi connectivity index (χ4v) is 3.09. The number of benzene rings is 2. The summed E-state index contributed by atoms with van der Waals surface area (Å²) in [6.07, 6.45) is 6.53. The van der Waals surface area contributed by atoms with Crippen LogP contribution in [0.4, 0.5) is 0 Å². The Morgan fingerprint density at radius 3 is 2.79 bits per heavy atom. The fourth-order valence-electron chi connectivity index (χ4n) is 3.09. The van der Waals surface area contributed by atoms with E-state index in [-0.39, 0.29) is 0 Å². The van der Waals surface area contributed by atoms with Crippen molar-refractivity contribution in [3.63, 3.8) is 0 Å². The monoisotopic (exact) mass is 377 g/mol. The Bertz CT molecular complexity index is 1060. The summed E-state index contributed by atoms with van der Waals surface area (Å²) in [6, 6.07) is 11.8. The van der Waals surface area contributed by atoms with Gasteiger partial charge in [-0.2, -0.15) is 5.10 Å². The number of hydrogen-bond acceptors (Lipinski definition) is 5. The van der Waals surface area contributed by atoms with Crippen LogP contribution in [0.15, 0.2) is 49.1 Å². The van der Waals surface area contributed by atoms with Crippen molar-refractivity contribution in [2.75, 3.05) is 13.7 Å². The first-order valence-electron chi connectivity index (χ1n) is 9.44. The summed E-state index contributed by atoms with van der Waals surface area (Å²) in [5.74, 6) is 2.25. The van der Waals surface area contributed by atoms with E-state index >= 15 is 0 Å². The highest BCUT2D eigenvalue weighted by molar-refractivity contribution is 5.81. The second-order valence-corrected chi connectivity index (χ2v) is 6.55. The maximum absolute atomic E-state index is 5.95. The van der Waals surface area contributed by atoms with Crippen LogP contribution in [0.5, 0.6) is 11.5 Å². The Balaban J connectivity index is 1.63. The van der Waals surface area contributed by atoms with Crippen molar-refractivity contribution < 1.29 is 9.47 Å². The van der Waals surface area contributed by atoms with Crippen LogP contribution in [0.2, 0.25) is 0 Å². The number of H-pyrrole nitrogens is 1. The minimum atomic E-state index is 0.676. The predicted molar refractivity (Wildman–Crippen MR) is 108 cm³/mol. The molecule has 0 aliphatic rings. The second kappa shape index (κ2) is 8.12. The smallest absolute Gasteiger partial charge is 0.161 e. The largest absolute Gasteiger partial charge is 0.493 e. The highest BCUT2D eigenvalue weighted by Gasteiger charge is 2.11. The topological polar surface area (TPSA) is 77.9 Å². The van der Waals surface area contributed by atoms with Crippen molar-refractivity contribution in [3.8, 4) is 28.6 Å². The molecule has 0 spiro atoms. The summed E-state index contributed by atoms with van der Waals surface area (Å²) in [4.78, 5) is 12.1. The van der Waals surface area contributed by atoms with Crippen molar-refractivity contribution in [2.24, 2.45) is 0 Å². The molecule has 144 valence electrons. The highest BCUT2D eigenvalue weighted by Crippen LogP contribution is 2.32. The van der Waals surface area contributed by atoms with Gasteiger partial charge < -0.3 is 14.5 Å². The Kier molecular flexibility index (Phi) is 5.23. The van der Waals surface area contributed by atoms with E-state index in [1.807, 2.05) is 36.4 Å². The molecule has 28 heavy (non-hydrogen) atoms. The molecule has 2 heterocycles. The summed E-state index contributed by atoms with van der Waals surface area (Å²) in [6.45, 7) is 2.85. The lowest BCUT2D eigenvalue weighted by Gasteiger charge is -2.11. The molecule has 7 nitrogen and oxygen atoms in total. The number of aromatic amines is 1. The minimum Gasteiger partial charge on any atom is -0.493 e. The molecule has 1 N–H and O–H groups in total. The molecule has 0 fully saturated rings. The third-order valence-electron chi connectivity index (χ3n) is 4.59. The first kappa shape index (κ1) is 18.0. The number of ether oxygens (including phenoxy) is 2. The van der Waals surface area contributed by atoms with E-state index in [0.717, 1.165) is 58.9 Å². The van der Waals surface area contributed by atoms with Gasteiger partial charge in [0.05, 0.1) is 30.4 Å². The molecule has 0 saturated carbocycles. The molecule has 0 saturated heterocycles. The van der Waals surface area contributed by atoms with Crippen molar-refractivity contribution >= 4 is 11.0 Å². The van der Waals surface area contributed by atoms with Gasteiger partial charge in [0.25, 0.3) is 0 Å². The average Bonchev–Trinajstić information content (AvgIpc) is 3.40. The number of unbranched alkanes of at least 4 members (excludes halogenated alkanes) is 2. The Morgan fingerprint density at radius 2 is 2.00 bits per heavy atom. The molecular formula is C21H23N5O2. The van der Waals surface area contributed by atoms with Gasteiger partial charge in [-0.25, -0.2) is 14.6 Å². The van der Waals surface area contributed by atoms with Gasteiger partial charge in [0.15, 0.2) is 11.5 Å². The SMILES string of the molecule is CCCCCOc1cc(-c2nc3ccc(-n4cncn4)cc3[nH]2)ccc1OC. The van der Waals surface area contributed by atoms with Crippen LogP contribution in [0.3, 0.4) is 0 Å². The first-order valence-corrected chi connectivity index (χ1v) is 9.44. The number of hydrogen-bond donors (Lipinski definition) is 1. The van der Waals surface area contributed by atoms with Crippen LogP contribution in [-0.2, 0) is 0 Å². The molecule has 2 aromatic heterocycles. The normalized spacial score (nSPS) is 11.1. The Morgan fingerprint density at radius 1 is 1.07 bits per heavy atom. The van der Waals surface area contributed by atoms with E-state index in [1.165, 1.54) is 6.33 Å². The van der Waals surface area contributed by atoms with E-state index in [1.54, 1.807) is 18.1 Å². The molecule has 0 aliphatic heterocycles. The lowest BCUT2D eigenvalue weighted by atomic mass is 10.2. The molecule has 4 aromatic rings. The first-order chi connectivity index (χ1) is 13.8. The van der Waals surface area contributed by atoms with Crippen molar-refractivity contribution in [1.29, 1.82) is 0 Å². The van der Waals surface area contributed by atoms with Gasteiger partial charge in [0.2, 0.25) is 0 Å². The van der Waals surface area contributed by atoms with Crippen molar-refractivity contribution in [1.82, 2.24) is 24.7 Å². The number of fused-ring (bicyclic) bond motifs is 1. The number of nitrogens with one attached hydrogen (secondary N) is 1. The number of rotatable bonds is 8. The number of nitrogens with zero attached hydrogens (tertiary/aromatic N) is 4. The van der Waals surface area contributed by atoms with E-state index < -0.39 is 0 Å². The average molecular weight is 377 g/mol. The summed E-state index contributed by atoms with van der Waals surface area (Å²) in [5, 5.41) is 4.17. The third-order valence-corrected chi connectivity index (χ3v) is 4.59. The van der Waals surface area contributed by atoms with Gasteiger partial charge in [0.1, 0.15) is 18.5 Å². The molecule has 4 rings (SSSR count). The zero-order chi connectivity index (χ0) is 19.3. The molecule has 0 amide bonds. The lowest BCUT2D eigenvalue weighted by molar-refractivity contribution is 0.286. The van der Waals surface area contributed by atoms with Crippen LogP contribution < -0.4 is 9.47 Å². The van der Waals surface area contributed by atoms with Crippen molar-refractivity contribution in [3.05, 3.63) is 49.1 Å². The lowest BCUT2D eigenvalue weighted by Crippen LogP contribution is -1.99. The number of imidazole rings is 1. The van der Waals surface area contributed by atoms with Crippen LogP contribution in [-0.4, -0.2) is 38.4 Å². The summed E-state index contributed by atoms with van der Waals surface area (Å²) in [7, 11) is 1.65.